The van der Waals surface area contributed by atoms with E-state index in [9.17, 15) is 4.79 Å². The standard InChI is InChI=1S/C21H20N6OS2/c1-15-6-5-9-17(12-15)27-18(13-23-16-7-3-2-4-8-16)25-26-21(27)30-14-19(28)24-20-22-10-11-29-20/h2-12,23H,13-14H2,1H3,(H,22,24,28). The average Bonchev–Trinajstić information content (AvgIpc) is 3.41. The van der Waals surface area contributed by atoms with Gasteiger partial charge in [0, 0.05) is 23.0 Å². The lowest BCUT2D eigenvalue weighted by Gasteiger charge is -2.12. The summed E-state index contributed by atoms with van der Waals surface area (Å²) < 4.78 is 1.99. The molecular weight excluding hydrogens is 416 g/mol. The van der Waals surface area contributed by atoms with Crippen molar-refractivity contribution in [3.05, 3.63) is 77.6 Å². The van der Waals surface area contributed by atoms with Gasteiger partial charge in [0.25, 0.3) is 0 Å². The largest absolute Gasteiger partial charge is 0.378 e. The van der Waals surface area contributed by atoms with Gasteiger partial charge in [-0.15, -0.1) is 21.5 Å². The molecule has 2 heterocycles. The van der Waals surface area contributed by atoms with Crippen molar-refractivity contribution < 1.29 is 4.79 Å². The van der Waals surface area contributed by atoms with Crippen molar-refractivity contribution in [2.75, 3.05) is 16.4 Å². The number of para-hydroxylation sites is 1. The number of aryl methyl sites for hydroxylation is 1. The van der Waals surface area contributed by atoms with Gasteiger partial charge in [0.1, 0.15) is 0 Å². The smallest absolute Gasteiger partial charge is 0.236 e. The maximum Gasteiger partial charge on any atom is 0.236 e. The molecule has 152 valence electrons. The maximum absolute atomic E-state index is 12.3. The van der Waals surface area contributed by atoms with Gasteiger partial charge in [-0.2, -0.15) is 0 Å². The summed E-state index contributed by atoms with van der Waals surface area (Å²) in [5, 5.41) is 18.0. The van der Waals surface area contributed by atoms with Crippen LogP contribution in [0, 0.1) is 6.92 Å². The molecule has 2 aromatic heterocycles. The lowest BCUT2D eigenvalue weighted by atomic mass is 10.2. The second-order valence-corrected chi connectivity index (χ2v) is 8.30. The van der Waals surface area contributed by atoms with Gasteiger partial charge in [0.15, 0.2) is 16.1 Å². The zero-order chi connectivity index (χ0) is 20.8. The highest BCUT2D eigenvalue weighted by Gasteiger charge is 2.16. The van der Waals surface area contributed by atoms with Gasteiger partial charge in [0.2, 0.25) is 5.91 Å². The molecule has 0 spiro atoms. The zero-order valence-electron chi connectivity index (χ0n) is 16.3. The van der Waals surface area contributed by atoms with Crippen LogP contribution in [0.2, 0.25) is 0 Å². The van der Waals surface area contributed by atoms with E-state index >= 15 is 0 Å². The van der Waals surface area contributed by atoms with Gasteiger partial charge in [0.05, 0.1) is 12.3 Å². The fraction of sp³-hybridized carbons (Fsp3) is 0.143. The van der Waals surface area contributed by atoms with Crippen LogP contribution in [0.15, 0.2) is 71.3 Å². The number of hydrogen-bond acceptors (Lipinski definition) is 7. The molecule has 0 radical (unpaired) electrons. The van der Waals surface area contributed by atoms with Gasteiger partial charge in [-0.05, 0) is 36.8 Å². The minimum absolute atomic E-state index is 0.127. The Hall–Kier alpha value is -3.17. The van der Waals surface area contributed by atoms with E-state index in [2.05, 4.69) is 31.9 Å². The van der Waals surface area contributed by atoms with E-state index in [0.29, 0.717) is 16.8 Å². The molecule has 30 heavy (non-hydrogen) atoms. The highest BCUT2D eigenvalue weighted by Crippen LogP contribution is 2.24. The Morgan fingerprint density at radius 3 is 2.77 bits per heavy atom. The molecule has 0 saturated carbocycles. The summed E-state index contributed by atoms with van der Waals surface area (Å²) in [6.45, 7) is 2.56. The molecule has 4 aromatic rings. The van der Waals surface area contributed by atoms with Crippen LogP contribution in [0.1, 0.15) is 11.4 Å². The first-order valence-electron chi connectivity index (χ1n) is 9.31. The van der Waals surface area contributed by atoms with Crippen LogP contribution in [0.5, 0.6) is 0 Å². The number of aromatic nitrogens is 4. The zero-order valence-corrected chi connectivity index (χ0v) is 17.9. The van der Waals surface area contributed by atoms with Gasteiger partial charge >= 0.3 is 0 Å². The molecular formula is C21H20N6OS2. The third kappa shape index (κ3) is 5.05. The van der Waals surface area contributed by atoms with Gasteiger partial charge in [-0.3, -0.25) is 9.36 Å². The van der Waals surface area contributed by atoms with Crippen molar-refractivity contribution >= 4 is 39.8 Å². The van der Waals surface area contributed by atoms with Gasteiger partial charge in [-0.25, -0.2) is 4.98 Å². The molecule has 4 rings (SSSR count). The normalized spacial score (nSPS) is 10.7. The highest BCUT2D eigenvalue weighted by molar-refractivity contribution is 7.99. The van der Waals surface area contributed by atoms with E-state index in [0.717, 1.165) is 22.8 Å². The Labute approximate surface area is 182 Å². The van der Waals surface area contributed by atoms with E-state index < -0.39 is 0 Å². The predicted molar refractivity (Wildman–Crippen MR) is 121 cm³/mol. The lowest BCUT2D eigenvalue weighted by molar-refractivity contribution is -0.113. The molecule has 1 amide bonds. The first kappa shape index (κ1) is 20.1. The molecule has 0 aliphatic heterocycles. The molecule has 0 bridgehead atoms. The van der Waals surface area contributed by atoms with Gasteiger partial charge in [-0.1, -0.05) is 42.1 Å². The molecule has 0 unspecified atom stereocenters. The lowest BCUT2D eigenvalue weighted by Crippen LogP contribution is -2.14. The summed E-state index contributed by atoms with van der Waals surface area (Å²) in [6, 6.07) is 18.1. The van der Waals surface area contributed by atoms with E-state index in [4.69, 9.17) is 0 Å². The van der Waals surface area contributed by atoms with Crippen LogP contribution < -0.4 is 10.6 Å². The summed E-state index contributed by atoms with van der Waals surface area (Å²) in [4.78, 5) is 16.3. The number of nitrogens with one attached hydrogen (secondary N) is 2. The van der Waals surface area contributed by atoms with Crippen LogP contribution in [0.3, 0.4) is 0 Å². The number of thiazole rings is 1. The third-order valence-electron chi connectivity index (χ3n) is 4.20. The van der Waals surface area contributed by atoms with Crippen molar-refractivity contribution in [2.45, 2.75) is 18.6 Å². The summed E-state index contributed by atoms with van der Waals surface area (Å²) in [5.41, 5.74) is 3.11. The number of carbonyl (C=O) groups is 1. The summed E-state index contributed by atoms with van der Waals surface area (Å²) in [5.74, 6) is 0.861. The van der Waals surface area contributed by atoms with Crippen LogP contribution >= 0.6 is 23.1 Å². The second-order valence-electron chi connectivity index (χ2n) is 6.47. The van der Waals surface area contributed by atoms with Crippen LogP contribution in [0.4, 0.5) is 10.8 Å². The Morgan fingerprint density at radius 2 is 2.00 bits per heavy atom. The van der Waals surface area contributed by atoms with Crippen molar-refractivity contribution in [2.24, 2.45) is 0 Å². The predicted octanol–water partition coefficient (Wildman–Crippen LogP) is 4.38. The summed E-state index contributed by atoms with van der Waals surface area (Å²) in [7, 11) is 0. The Morgan fingerprint density at radius 1 is 1.13 bits per heavy atom. The fourth-order valence-electron chi connectivity index (χ4n) is 2.84. The molecule has 0 saturated heterocycles. The number of anilines is 2. The Kier molecular flexibility index (Phi) is 6.41. The minimum Gasteiger partial charge on any atom is -0.378 e. The van der Waals surface area contributed by atoms with E-state index in [1.165, 1.54) is 23.1 Å². The average molecular weight is 437 g/mol. The number of hydrogen-bond donors (Lipinski definition) is 2. The molecule has 2 N–H and O–H groups in total. The van der Waals surface area contributed by atoms with E-state index in [1.54, 1.807) is 6.20 Å². The van der Waals surface area contributed by atoms with Crippen LogP contribution in [-0.4, -0.2) is 31.4 Å². The molecule has 0 atom stereocenters. The number of thioether (sulfide) groups is 1. The second kappa shape index (κ2) is 9.55. The monoisotopic (exact) mass is 436 g/mol. The maximum atomic E-state index is 12.3. The molecule has 9 heteroatoms. The number of nitrogens with zero attached hydrogens (tertiary/aromatic N) is 4. The molecule has 0 fully saturated rings. The quantitative estimate of drug-likeness (QED) is 0.399. The van der Waals surface area contributed by atoms with Crippen molar-refractivity contribution in [1.29, 1.82) is 0 Å². The number of carbonyl (C=O) groups excluding carboxylic acids is 1. The first-order valence-corrected chi connectivity index (χ1v) is 11.2. The van der Waals surface area contributed by atoms with Crippen LogP contribution in [-0.2, 0) is 11.3 Å². The third-order valence-corrected chi connectivity index (χ3v) is 5.81. The van der Waals surface area contributed by atoms with E-state index in [1.807, 2.05) is 65.4 Å². The van der Waals surface area contributed by atoms with Crippen molar-refractivity contribution in [1.82, 2.24) is 19.7 Å². The number of amides is 1. The SMILES string of the molecule is Cc1cccc(-n2c(CNc3ccccc3)nnc2SCC(=O)Nc2nccs2)c1. The molecule has 7 nitrogen and oxygen atoms in total. The highest BCUT2D eigenvalue weighted by atomic mass is 32.2. The minimum atomic E-state index is -0.127. The topological polar surface area (TPSA) is 84.7 Å². The van der Waals surface area contributed by atoms with Crippen molar-refractivity contribution in [3.63, 3.8) is 0 Å². The fourth-order valence-corrected chi connectivity index (χ4v) is 4.16. The molecule has 0 aliphatic rings. The van der Waals surface area contributed by atoms with Crippen LogP contribution in [0.25, 0.3) is 5.69 Å². The molecule has 2 aromatic carbocycles. The Bertz CT molecular complexity index is 1110. The Balaban J connectivity index is 1.53. The number of rotatable bonds is 8. The molecule has 0 aliphatic carbocycles. The first-order chi connectivity index (χ1) is 14.7. The van der Waals surface area contributed by atoms with E-state index in [-0.39, 0.29) is 11.7 Å². The summed E-state index contributed by atoms with van der Waals surface area (Å²) >= 11 is 2.74. The summed E-state index contributed by atoms with van der Waals surface area (Å²) in [6.07, 6.45) is 1.66. The van der Waals surface area contributed by atoms with Gasteiger partial charge < -0.3 is 10.6 Å². The van der Waals surface area contributed by atoms with Crippen molar-refractivity contribution in [3.8, 4) is 5.69 Å². The number of benzene rings is 2.